The molecule has 1 aliphatic heterocycles. The summed E-state index contributed by atoms with van der Waals surface area (Å²) in [5.74, 6) is 4.39. The van der Waals surface area contributed by atoms with Crippen molar-refractivity contribution in [3.8, 4) is 0 Å². The predicted octanol–water partition coefficient (Wildman–Crippen LogP) is -0.245. The molecule has 0 aromatic heterocycles. The molecule has 0 spiro atoms. The average molecular weight is 201 g/mol. The topological polar surface area (TPSA) is 95.7 Å². The smallest absolute Gasteiger partial charge is 0.407 e. The molecular formula is C8H15N3O3. The molecule has 6 heteroatoms. The van der Waals surface area contributed by atoms with E-state index in [4.69, 9.17) is 10.9 Å². The largest absolute Gasteiger partial charge is 0.465 e. The lowest BCUT2D eigenvalue weighted by molar-refractivity contribution is -0.126. The Morgan fingerprint density at radius 3 is 2.64 bits per heavy atom. The number of likely N-dealkylation sites (tertiary alicyclic amines) is 1. The highest BCUT2D eigenvalue weighted by atomic mass is 16.4. The number of carboxylic acid groups (broad SMARTS) is 1. The second kappa shape index (κ2) is 4.28. The summed E-state index contributed by atoms with van der Waals surface area (Å²) in [6.07, 6.45) is 0.408. The predicted molar refractivity (Wildman–Crippen MR) is 49.2 cm³/mol. The Morgan fingerprint density at radius 2 is 2.14 bits per heavy atom. The number of nitrogens with zero attached hydrogens (tertiary/aromatic N) is 1. The molecule has 1 aliphatic rings. The average Bonchev–Trinajstić information content (AvgIpc) is 2.17. The van der Waals surface area contributed by atoms with E-state index in [1.807, 2.05) is 6.92 Å². The fourth-order valence-electron chi connectivity index (χ4n) is 1.71. The molecule has 0 radical (unpaired) electrons. The van der Waals surface area contributed by atoms with Crippen LogP contribution in [0, 0.1) is 5.92 Å². The summed E-state index contributed by atoms with van der Waals surface area (Å²) in [5, 5.41) is 8.84. The number of rotatable bonds is 1. The van der Waals surface area contributed by atoms with Gasteiger partial charge in [-0.25, -0.2) is 10.6 Å². The van der Waals surface area contributed by atoms with E-state index < -0.39 is 6.09 Å². The molecule has 1 rings (SSSR count). The van der Waals surface area contributed by atoms with Crippen molar-refractivity contribution in [1.82, 2.24) is 10.3 Å². The Balaban J connectivity index is 2.62. The van der Waals surface area contributed by atoms with Crippen molar-refractivity contribution < 1.29 is 14.7 Å². The van der Waals surface area contributed by atoms with Gasteiger partial charge in [-0.1, -0.05) is 0 Å². The minimum Gasteiger partial charge on any atom is -0.465 e. The molecule has 2 amide bonds. The Bertz CT molecular complexity index is 244. The molecule has 0 bridgehead atoms. The second-order valence-electron chi connectivity index (χ2n) is 3.57. The summed E-state index contributed by atoms with van der Waals surface area (Å²) in [6, 6.07) is -0.0191. The van der Waals surface area contributed by atoms with E-state index in [-0.39, 0.29) is 24.4 Å². The van der Waals surface area contributed by atoms with Crippen LogP contribution in [0.3, 0.4) is 0 Å². The highest BCUT2D eigenvalue weighted by Gasteiger charge is 2.32. The van der Waals surface area contributed by atoms with Crippen molar-refractivity contribution in [3.63, 3.8) is 0 Å². The van der Waals surface area contributed by atoms with Crippen LogP contribution in [0.15, 0.2) is 0 Å². The first-order valence-corrected chi connectivity index (χ1v) is 4.56. The van der Waals surface area contributed by atoms with Gasteiger partial charge in [0, 0.05) is 12.6 Å². The van der Waals surface area contributed by atoms with E-state index >= 15 is 0 Å². The minimum atomic E-state index is -0.980. The van der Waals surface area contributed by atoms with Gasteiger partial charge in [-0.3, -0.25) is 10.2 Å². The molecule has 1 saturated heterocycles. The number of hydrazine groups is 1. The van der Waals surface area contributed by atoms with Gasteiger partial charge in [0.2, 0.25) is 5.91 Å². The minimum absolute atomic E-state index is 0.0191. The van der Waals surface area contributed by atoms with Crippen LogP contribution in [-0.2, 0) is 4.79 Å². The number of piperidine rings is 1. The van der Waals surface area contributed by atoms with Crippen molar-refractivity contribution in [1.29, 1.82) is 0 Å². The first kappa shape index (κ1) is 10.8. The highest BCUT2D eigenvalue weighted by Crippen LogP contribution is 2.21. The van der Waals surface area contributed by atoms with Crippen LogP contribution in [0.4, 0.5) is 4.79 Å². The van der Waals surface area contributed by atoms with E-state index in [9.17, 15) is 9.59 Å². The third-order valence-electron chi connectivity index (χ3n) is 2.64. The molecule has 14 heavy (non-hydrogen) atoms. The first-order valence-electron chi connectivity index (χ1n) is 4.56. The van der Waals surface area contributed by atoms with E-state index in [0.29, 0.717) is 12.8 Å². The zero-order chi connectivity index (χ0) is 10.7. The fourth-order valence-corrected chi connectivity index (χ4v) is 1.71. The van der Waals surface area contributed by atoms with Crippen molar-refractivity contribution in [2.24, 2.45) is 11.8 Å². The molecule has 1 heterocycles. The van der Waals surface area contributed by atoms with Crippen LogP contribution in [-0.4, -0.2) is 34.6 Å². The molecule has 0 aromatic rings. The number of amides is 2. The van der Waals surface area contributed by atoms with Gasteiger partial charge >= 0.3 is 6.09 Å². The number of nitrogens with one attached hydrogen (secondary N) is 1. The number of carbonyl (C=O) groups is 2. The van der Waals surface area contributed by atoms with Crippen molar-refractivity contribution in [2.45, 2.75) is 25.8 Å². The van der Waals surface area contributed by atoms with Crippen LogP contribution in [0.2, 0.25) is 0 Å². The molecular weight excluding hydrogens is 186 g/mol. The maximum Gasteiger partial charge on any atom is 0.407 e. The number of carbonyl (C=O) groups excluding carboxylic acids is 1. The van der Waals surface area contributed by atoms with Gasteiger partial charge in [0.25, 0.3) is 0 Å². The summed E-state index contributed by atoms with van der Waals surface area (Å²) in [5.41, 5.74) is 2.05. The molecule has 4 N–H and O–H groups in total. The molecule has 0 aliphatic carbocycles. The highest BCUT2D eigenvalue weighted by molar-refractivity contribution is 5.79. The Morgan fingerprint density at radius 1 is 1.50 bits per heavy atom. The third-order valence-corrected chi connectivity index (χ3v) is 2.64. The summed E-state index contributed by atoms with van der Waals surface area (Å²) < 4.78 is 0. The van der Waals surface area contributed by atoms with Crippen LogP contribution >= 0.6 is 0 Å². The van der Waals surface area contributed by atoms with Gasteiger partial charge in [-0.15, -0.1) is 0 Å². The summed E-state index contributed by atoms with van der Waals surface area (Å²) in [6.45, 7) is 2.07. The maximum atomic E-state index is 11.2. The zero-order valence-corrected chi connectivity index (χ0v) is 8.06. The van der Waals surface area contributed by atoms with Gasteiger partial charge in [-0.2, -0.15) is 0 Å². The van der Waals surface area contributed by atoms with Crippen LogP contribution in [0.1, 0.15) is 19.8 Å². The van der Waals surface area contributed by atoms with Gasteiger partial charge < -0.3 is 10.0 Å². The summed E-state index contributed by atoms with van der Waals surface area (Å²) >= 11 is 0. The van der Waals surface area contributed by atoms with Crippen molar-refractivity contribution in [3.05, 3.63) is 0 Å². The zero-order valence-electron chi connectivity index (χ0n) is 8.06. The Hall–Kier alpha value is -1.30. The van der Waals surface area contributed by atoms with Gasteiger partial charge in [0.1, 0.15) is 0 Å². The SMILES string of the molecule is CC1CCC(C(=O)NN)CN1C(=O)O. The number of nitrogens with two attached hydrogens (primary N) is 1. The maximum absolute atomic E-state index is 11.2. The van der Waals surface area contributed by atoms with Gasteiger partial charge in [0.05, 0.1) is 5.92 Å². The Kier molecular flexibility index (Phi) is 3.29. The fraction of sp³-hybridized carbons (Fsp3) is 0.750. The summed E-state index contributed by atoms with van der Waals surface area (Å²) in [4.78, 5) is 23.3. The van der Waals surface area contributed by atoms with Crippen molar-refractivity contribution >= 4 is 12.0 Å². The van der Waals surface area contributed by atoms with Crippen LogP contribution in [0.25, 0.3) is 0 Å². The first-order chi connectivity index (χ1) is 6.56. The molecule has 2 atom stereocenters. The monoisotopic (exact) mass is 201 g/mol. The molecule has 0 saturated carbocycles. The van der Waals surface area contributed by atoms with Crippen molar-refractivity contribution in [2.75, 3.05) is 6.54 Å². The third kappa shape index (κ3) is 2.14. The quantitative estimate of drug-likeness (QED) is 0.310. The lowest BCUT2D eigenvalue weighted by Gasteiger charge is -2.34. The normalized spacial score (nSPS) is 27.1. The second-order valence-corrected chi connectivity index (χ2v) is 3.57. The van der Waals surface area contributed by atoms with E-state index in [1.165, 1.54) is 4.90 Å². The Labute approximate surface area is 82.0 Å². The lowest BCUT2D eigenvalue weighted by atomic mass is 9.93. The van der Waals surface area contributed by atoms with Gasteiger partial charge in [-0.05, 0) is 19.8 Å². The number of hydrogen-bond acceptors (Lipinski definition) is 3. The van der Waals surface area contributed by atoms with Crippen LogP contribution < -0.4 is 11.3 Å². The molecule has 0 aromatic carbocycles. The molecule has 80 valence electrons. The molecule has 1 fully saturated rings. The summed E-state index contributed by atoms with van der Waals surface area (Å²) in [7, 11) is 0. The van der Waals surface area contributed by atoms with E-state index in [1.54, 1.807) is 0 Å². The standard InChI is InChI=1S/C8H15N3O3/c1-5-2-3-6(7(12)10-9)4-11(5)8(13)14/h5-6H,2-4,9H2,1H3,(H,10,12)(H,13,14). The number of hydrogen-bond donors (Lipinski definition) is 3. The van der Waals surface area contributed by atoms with Gasteiger partial charge in [0.15, 0.2) is 0 Å². The van der Waals surface area contributed by atoms with E-state index in [2.05, 4.69) is 5.43 Å². The lowest BCUT2D eigenvalue weighted by Crippen LogP contribution is -2.50. The molecule has 2 unspecified atom stereocenters. The molecule has 6 nitrogen and oxygen atoms in total. The van der Waals surface area contributed by atoms with Crippen LogP contribution in [0.5, 0.6) is 0 Å². The van der Waals surface area contributed by atoms with E-state index in [0.717, 1.165) is 0 Å².